The molecule has 0 fully saturated rings. The molecule has 0 saturated heterocycles. The second-order valence-corrected chi connectivity index (χ2v) is 14.5. The highest BCUT2D eigenvalue weighted by Gasteiger charge is 2.35. The highest BCUT2D eigenvalue weighted by Crippen LogP contribution is 2.49. The van der Waals surface area contributed by atoms with Crippen LogP contribution in [0, 0.1) is 0 Å². The number of hydrogen-bond acceptors (Lipinski definition) is 2. The van der Waals surface area contributed by atoms with Crippen molar-refractivity contribution in [3.8, 4) is 39.1 Å². The van der Waals surface area contributed by atoms with Crippen LogP contribution in [0.5, 0.6) is 0 Å². The smallest absolute Gasteiger partial charge is 0.0582 e. The van der Waals surface area contributed by atoms with E-state index in [1.165, 1.54) is 72.0 Å². The largest absolute Gasteiger partial charge is 0.311 e. The van der Waals surface area contributed by atoms with Crippen molar-refractivity contribution in [2.75, 3.05) is 4.90 Å². The second kappa shape index (κ2) is 12.2. The molecule has 0 aliphatic carbocycles. The molecule has 0 spiro atoms. The van der Waals surface area contributed by atoms with Gasteiger partial charge in [0.2, 0.25) is 0 Å². The van der Waals surface area contributed by atoms with E-state index < -0.39 is 0 Å². The molecule has 0 radical (unpaired) electrons. The Hall–Kier alpha value is -6.71. The zero-order chi connectivity index (χ0) is 35.5. The van der Waals surface area contributed by atoms with Gasteiger partial charge in [-0.05, 0) is 99.6 Å². The van der Waals surface area contributed by atoms with Crippen molar-refractivity contribution in [3.63, 3.8) is 0 Å². The van der Waals surface area contributed by atoms with Crippen molar-refractivity contribution in [2.24, 2.45) is 0 Å². The number of nitrogens with zero attached hydrogens (tertiary/aromatic N) is 3. The Morgan fingerprint density at radius 2 is 0.943 bits per heavy atom. The molecule has 0 atom stereocenters. The molecule has 0 amide bonds. The Bertz CT molecular complexity index is 2680. The lowest BCUT2D eigenvalue weighted by Crippen LogP contribution is -2.26. The lowest BCUT2D eigenvalue weighted by atomic mass is 9.74. The minimum Gasteiger partial charge on any atom is -0.311 e. The van der Waals surface area contributed by atoms with E-state index in [1.807, 2.05) is 12.4 Å². The lowest BCUT2D eigenvalue weighted by Gasteiger charge is -2.34. The monoisotopic (exact) mass is 679 g/mol. The average molecular weight is 680 g/mol. The third-order valence-electron chi connectivity index (χ3n) is 11.1. The van der Waals surface area contributed by atoms with Gasteiger partial charge in [0.1, 0.15) is 0 Å². The normalized spacial score (nSPS) is 12.9. The Balaban J connectivity index is 1.08. The molecule has 0 N–H and O–H groups in total. The van der Waals surface area contributed by atoms with E-state index in [0.29, 0.717) is 0 Å². The van der Waals surface area contributed by atoms with Crippen LogP contribution in [0.1, 0.15) is 25.0 Å². The zero-order valence-electron chi connectivity index (χ0n) is 29.7. The van der Waals surface area contributed by atoms with E-state index >= 15 is 0 Å². The average Bonchev–Trinajstić information content (AvgIpc) is 3.56. The number of aromatic nitrogens is 2. The number of fused-ring (bicyclic) bond motifs is 5. The van der Waals surface area contributed by atoms with Gasteiger partial charge < -0.3 is 9.47 Å². The van der Waals surface area contributed by atoms with Gasteiger partial charge in [0.15, 0.2) is 0 Å². The van der Waals surface area contributed by atoms with E-state index in [-0.39, 0.29) is 5.41 Å². The molecule has 9 aromatic rings. The maximum atomic E-state index is 4.57. The first kappa shape index (κ1) is 31.1. The van der Waals surface area contributed by atoms with Crippen LogP contribution in [0.2, 0.25) is 0 Å². The van der Waals surface area contributed by atoms with Crippen molar-refractivity contribution in [1.82, 2.24) is 9.55 Å². The van der Waals surface area contributed by atoms with E-state index in [2.05, 4.69) is 204 Å². The van der Waals surface area contributed by atoms with Crippen LogP contribution in [-0.4, -0.2) is 9.55 Å². The van der Waals surface area contributed by atoms with Crippen molar-refractivity contribution in [1.29, 1.82) is 0 Å². The van der Waals surface area contributed by atoms with E-state index in [1.54, 1.807) is 0 Å². The Labute approximate surface area is 310 Å². The second-order valence-electron chi connectivity index (χ2n) is 14.5. The fourth-order valence-corrected chi connectivity index (χ4v) is 8.32. The molecule has 1 aliphatic heterocycles. The topological polar surface area (TPSA) is 21.1 Å². The summed E-state index contributed by atoms with van der Waals surface area (Å²) < 4.78 is 2.44. The standard InChI is InChI=1S/C50H37N3/c1-50(2)45-32-39(31-44-43-15-9-10-16-47(43)53(49(44)45)48-29-30-51-33-46(48)50)38-21-27-42(28-22-38)52(40-23-17-36(18-24-40)34-11-5-3-6-12-34)41-25-19-37(20-26-41)35-13-7-4-8-14-35/h3-33H,1-2H3. The van der Waals surface area contributed by atoms with Crippen LogP contribution >= 0.6 is 0 Å². The first-order valence-electron chi connectivity index (χ1n) is 18.3. The number of rotatable bonds is 6. The van der Waals surface area contributed by atoms with Gasteiger partial charge in [-0.3, -0.25) is 4.98 Å². The summed E-state index contributed by atoms with van der Waals surface area (Å²) >= 11 is 0. The van der Waals surface area contributed by atoms with Crippen LogP contribution in [-0.2, 0) is 5.41 Å². The van der Waals surface area contributed by atoms with Crippen LogP contribution in [0.3, 0.4) is 0 Å². The van der Waals surface area contributed by atoms with Crippen molar-refractivity contribution in [3.05, 3.63) is 199 Å². The Morgan fingerprint density at radius 3 is 1.51 bits per heavy atom. The van der Waals surface area contributed by atoms with Crippen LogP contribution in [0.4, 0.5) is 17.1 Å². The van der Waals surface area contributed by atoms with Crippen molar-refractivity contribution < 1.29 is 0 Å². The van der Waals surface area contributed by atoms with Crippen molar-refractivity contribution in [2.45, 2.75) is 19.3 Å². The molecule has 2 aromatic heterocycles. The van der Waals surface area contributed by atoms with Crippen LogP contribution in [0.25, 0.3) is 60.9 Å². The van der Waals surface area contributed by atoms with Gasteiger partial charge in [0.25, 0.3) is 0 Å². The molecular weight excluding hydrogens is 643 g/mol. The summed E-state index contributed by atoms with van der Waals surface area (Å²) in [7, 11) is 0. The minimum absolute atomic E-state index is 0.212. The summed E-state index contributed by atoms with van der Waals surface area (Å²) in [5.41, 5.74) is 16.6. The minimum atomic E-state index is -0.212. The number of pyridine rings is 1. The van der Waals surface area contributed by atoms with Gasteiger partial charge >= 0.3 is 0 Å². The molecule has 0 bridgehead atoms. The molecule has 1 aliphatic rings. The molecule has 3 heteroatoms. The molecule has 0 unspecified atom stereocenters. The predicted molar refractivity (Wildman–Crippen MR) is 222 cm³/mol. The maximum absolute atomic E-state index is 4.57. The SMILES string of the molecule is CC1(C)c2cnccc2-n2c3ccccc3c3cc(-c4ccc(N(c5ccc(-c6ccccc6)cc5)c5ccc(-c6ccccc6)cc5)cc4)cc1c32. The highest BCUT2D eigenvalue weighted by molar-refractivity contribution is 6.13. The summed E-state index contributed by atoms with van der Waals surface area (Å²) in [5, 5.41) is 2.55. The van der Waals surface area contributed by atoms with Gasteiger partial charge in [-0.2, -0.15) is 0 Å². The van der Waals surface area contributed by atoms with Gasteiger partial charge in [-0.15, -0.1) is 0 Å². The third kappa shape index (κ3) is 5.08. The number of anilines is 3. The fraction of sp³-hybridized carbons (Fsp3) is 0.0600. The number of hydrogen-bond donors (Lipinski definition) is 0. The van der Waals surface area contributed by atoms with Gasteiger partial charge in [0.05, 0.1) is 16.7 Å². The molecule has 10 rings (SSSR count). The quantitative estimate of drug-likeness (QED) is 0.174. The molecule has 0 saturated carbocycles. The van der Waals surface area contributed by atoms with E-state index in [0.717, 1.165) is 17.1 Å². The highest BCUT2D eigenvalue weighted by atomic mass is 15.1. The molecule has 3 nitrogen and oxygen atoms in total. The molecule has 53 heavy (non-hydrogen) atoms. The Morgan fingerprint density at radius 1 is 0.453 bits per heavy atom. The predicted octanol–water partition coefficient (Wildman–Crippen LogP) is 13.3. The first-order chi connectivity index (χ1) is 26.0. The first-order valence-corrected chi connectivity index (χ1v) is 18.3. The van der Waals surface area contributed by atoms with Crippen LogP contribution in [0.15, 0.2) is 188 Å². The fourth-order valence-electron chi connectivity index (χ4n) is 8.32. The molecule has 3 heterocycles. The van der Waals surface area contributed by atoms with Gasteiger partial charge in [-0.25, -0.2) is 0 Å². The summed E-state index contributed by atoms with van der Waals surface area (Å²) in [6.45, 7) is 4.67. The summed E-state index contributed by atoms with van der Waals surface area (Å²) in [5.74, 6) is 0. The molecular formula is C50H37N3. The summed E-state index contributed by atoms with van der Waals surface area (Å²) in [6.07, 6.45) is 3.96. The number of para-hydroxylation sites is 1. The van der Waals surface area contributed by atoms with Gasteiger partial charge in [0, 0.05) is 51.2 Å². The third-order valence-corrected chi connectivity index (χ3v) is 11.1. The van der Waals surface area contributed by atoms with Crippen molar-refractivity contribution >= 4 is 38.9 Å². The number of benzene rings is 7. The van der Waals surface area contributed by atoms with E-state index in [9.17, 15) is 0 Å². The maximum Gasteiger partial charge on any atom is 0.0582 e. The van der Waals surface area contributed by atoms with Crippen LogP contribution < -0.4 is 4.90 Å². The summed E-state index contributed by atoms with van der Waals surface area (Å²) in [6, 6.07) is 63.7. The molecule has 252 valence electrons. The summed E-state index contributed by atoms with van der Waals surface area (Å²) in [4.78, 5) is 6.92. The zero-order valence-corrected chi connectivity index (χ0v) is 29.7. The lowest BCUT2D eigenvalue weighted by molar-refractivity contribution is 0.627. The van der Waals surface area contributed by atoms with E-state index in [4.69, 9.17) is 0 Å². The Kier molecular flexibility index (Phi) is 7.16. The van der Waals surface area contributed by atoms with Gasteiger partial charge in [-0.1, -0.05) is 129 Å². The molecule has 7 aromatic carbocycles.